The van der Waals surface area contributed by atoms with Crippen LogP contribution in [-0.2, 0) is 35.2 Å². The number of hydrogen-bond donors (Lipinski definition) is 2. The van der Waals surface area contributed by atoms with Gasteiger partial charge >= 0.3 is 18.0 Å². The molecule has 2 N–H and O–H groups in total. The fourth-order valence-corrected chi connectivity index (χ4v) is 2.89. The number of nitrogens with one attached hydrogen (secondary N) is 2. The van der Waals surface area contributed by atoms with Gasteiger partial charge in [0.15, 0.2) is 0 Å². The van der Waals surface area contributed by atoms with Crippen molar-refractivity contribution < 1.29 is 33.4 Å². The molecule has 9 heteroatoms. The lowest BCUT2D eigenvalue weighted by atomic mass is 9.99. The Kier molecular flexibility index (Phi) is 11.1. The van der Waals surface area contributed by atoms with Crippen LogP contribution in [0.3, 0.4) is 0 Å². The molecule has 0 saturated carbocycles. The lowest BCUT2D eigenvalue weighted by Gasteiger charge is -2.24. The van der Waals surface area contributed by atoms with Crippen LogP contribution in [0, 0.1) is 11.8 Å². The van der Waals surface area contributed by atoms with Crippen molar-refractivity contribution in [1.82, 2.24) is 10.6 Å². The molecule has 172 valence electrons. The predicted octanol–water partition coefficient (Wildman–Crippen LogP) is 2.18. The van der Waals surface area contributed by atoms with Gasteiger partial charge in [0.1, 0.15) is 18.7 Å². The van der Waals surface area contributed by atoms with Crippen LogP contribution in [-0.4, -0.2) is 50.2 Å². The normalized spacial score (nSPS) is 13.5. The Balaban J connectivity index is 2.79. The number of amides is 2. The third kappa shape index (κ3) is 9.50. The first-order valence-corrected chi connectivity index (χ1v) is 10.1. The van der Waals surface area contributed by atoms with E-state index in [1.165, 1.54) is 14.2 Å². The summed E-state index contributed by atoms with van der Waals surface area (Å²) in [7, 11) is 2.43. The molecular weight excluding hydrogens is 404 g/mol. The lowest BCUT2D eigenvalue weighted by molar-refractivity contribution is -0.149. The highest BCUT2D eigenvalue weighted by molar-refractivity contribution is 5.90. The van der Waals surface area contributed by atoms with Crippen molar-refractivity contribution in [3.8, 4) is 0 Å². The maximum Gasteiger partial charge on any atom is 0.408 e. The Hall–Kier alpha value is -3.10. The van der Waals surface area contributed by atoms with Gasteiger partial charge in [-0.25, -0.2) is 9.59 Å². The van der Waals surface area contributed by atoms with Crippen LogP contribution < -0.4 is 10.6 Å². The van der Waals surface area contributed by atoms with E-state index in [-0.39, 0.29) is 18.9 Å². The van der Waals surface area contributed by atoms with Gasteiger partial charge in [-0.15, -0.1) is 0 Å². The van der Waals surface area contributed by atoms with E-state index < -0.39 is 41.9 Å². The quantitative estimate of drug-likeness (QED) is 0.403. The largest absolute Gasteiger partial charge is 0.469 e. The Morgan fingerprint density at radius 1 is 0.839 bits per heavy atom. The average Bonchev–Trinajstić information content (AvgIpc) is 2.75. The van der Waals surface area contributed by atoms with E-state index in [0.29, 0.717) is 6.42 Å². The Morgan fingerprint density at radius 3 is 2.00 bits per heavy atom. The second-order valence-electron chi connectivity index (χ2n) is 7.63. The van der Waals surface area contributed by atoms with E-state index in [1.807, 2.05) is 44.2 Å². The standard InChI is InChI=1S/C22H32N2O7/c1-14(2)11-17(24-22(28)31-13-16-9-7-6-8-10-16)19(25)23-18(21(27)30-5)12-15(3)20(26)29-4/h6-10,14-15,17-18H,11-13H2,1-5H3,(H,23,25)(H,24,28)/t15-,17+,18+/m1/s1. The van der Waals surface area contributed by atoms with Gasteiger partial charge in [0.05, 0.1) is 20.1 Å². The fourth-order valence-electron chi connectivity index (χ4n) is 2.89. The summed E-state index contributed by atoms with van der Waals surface area (Å²) in [6, 6.07) is 7.14. The molecule has 1 aromatic carbocycles. The maximum absolute atomic E-state index is 12.8. The van der Waals surface area contributed by atoms with Crippen molar-refractivity contribution in [1.29, 1.82) is 0 Å². The number of esters is 2. The molecule has 2 amide bonds. The first-order valence-electron chi connectivity index (χ1n) is 10.1. The highest BCUT2D eigenvalue weighted by Crippen LogP contribution is 2.12. The van der Waals surface area contributed by atoms with Gasteiger partial charge < -0.3 is 24.8 Å². The number of benzene rings is 1. The number of carbonyl (C=O) groups excluding carboxylic acids is 4. The van der Waals surface area contributed by atoms with E-state index in [2.05, 4.69) is 15.4 Å². The zero-order valence-corrected chi connectivity index (χ0v) is 18.7. The maximum atomic E-state index is 12.8. The summed E-state index contributed by atoms with van der Waals surface area (Å²) < 4.78 is 14.6. The van der Waals surface area contributed by atoms with Gasteiger partial charge in [0.2, 0.25) is 5.91 Å². The van der Waals surface area contributed by atoms with Crippen LogP contribution in [0.15, 0.2) is 30.3 Å². The second kappa shape index (κ2) is 13.3. The first kappa shape index (κ1) is 25.9. The summed E-state index contributed by atoms with van der Waals surface area (Å²) in [4.78, 5) is 48.9. The zero-order chi connectivity index (χ0) is 23.4. The van der Waals surface area contributed by atoms with E-state index in [0.717, 1.165) is 5.56 Å². The molecule has 0 bridgehead atoms. The van der Waals surface area contributed by atoms with E-state index in [9.17, 15) is 19.2 Å². The minimum Gasteiger partial charge on any atom is -0.469 e. The number of hydrogen-bond acceptors (Lipinski definition) is 7. The van der Waals surface area contributed by atoms with Crippen LogP contribution in [0.4, 0.5) is 4.79 Å². The number of rotatable bonds is 11. The monoisotopic (exact) mass is 436 g/mol. The molecule has 0 fully saturated rings. The summed E-state index contributed by atoms with van der Waals surface area (Å²) in [5, 5.41) is 5.12. The minimum absolute atomic E-state index is 0.00204. The van der Waals surface area contributed by atoms with Crippen LogP contribution in [0.2, 0.25) is 0 Å². The second-order valence-corrected chi connectivity index (χ2v) is 7.63. The molecule has 31 heavy (non-hydrogen) atoms. The molecule has 0 heterocycles. The van der Waals surface area contributed by atoms with E-state index >= 15 is 0 Å². The van der Waals surface area contributed by atoms with Crippen LogP contribution in [0.5, 0.6) is 0 Å². The van der Waals surface area contributed by atoms with Gasteiger partial charge in [0, 0.05) is 0 Å². The molecular formula is C22H32N2O7. The van der Waals surface area contributed by atoms with Crippen LogP contribution in [0.1, 0.15) is 39.2 Å². The Labute approximate surface area is 182 Å². The molecule has 0 radical (unpaired) electrons. The molecule has 0 unspecified atom stereocenters. The molecule has 3 atom stereocenters. The van der Waals surface area contributed by atoms with Crippen molar-refractivity contribution in [2.24, 2.45) is 11.8 Å². The molecule has 0 saturated heterocycles. The highest BCUT2D eigenvalue weighted by atomic mass is 16.5. The third-order valence-corrected chi connectivity index (χ3v) is 4.52. The van der Waals surface area contributed by atoms with Crippen molar-refractivity contribution in [3.05, 3.63) is 35.9 Å². The summed E-state index contributed by atoms with van der Waals surface area (Å²) in [6.45, 7) is 5.44. The number of alkyl carbamates (subject to hydrolysis) is 1. The topological polar surface area (TPSA) is 120 Å². The van der Waals surface area contributed by atoms with E-state index in [4.69, 9.17) is 9.47 Å². The SMILES string of the molecule is COC(=O)[C@H](C)C[C@H](NC(=O)[C@H](CC(C)C)NC(=O)OCc1ccccc1)C(=O)OC. The minimum atomic E-state index is -1.07. The molecule has 0 aromatic heterocycles. The smallest absolute Gasteiger partial charge is 0.408 e. The van der Waals surface area contributed by atoms with Crippen molar-refractivity contribution in [3.63, 3.8) is 0 Å². The summed E-state index contributed by atoms with van der Waals surface area (Å²) in [5.74, 6) is -2.33. The lowest BCUT2D eigenvalue weighted by Crippen LogP contribution is -2.52. The predicted molar refractivity (Wildman–Crippen MR) is 113 cm³/mol. The Bertz CT molecular complexity index is 737. The molecule has 9 nitrogen and oxygen atoms in total. The number of methoxy groups -OCH3 is 2. The van der Waals surface area contributed by atoms with Gasteiger partial charge in [-0.3, -0.25) is 9.59 Å². The third-order valence-electron chi connectivity index (χ3n) is 4.52. The van der Waals surface area contributed by atoms with Crippen molar-refractivity contribution in [2.45, 2.75) is 52.3 Å². The molecule has 0 spiro atoms. The van der Waals surface area contributed by atoms with Crippen LogP contribution in [0.25, 0.3) is 0 Å². The van der Waals surface area contributed by atoms with Crippen molar-refractivity contribution in [2.75, 3.05) is 14.2 Å². The molecule has 1 rings (SSSR count). The van der Waals surface area contributed by atoms with E-state index in [1.54, 1.807) is 6.92 Å². The number of ether oxygens (including phenoxy) is 3. The van der Waals surface area contributed by atoms with Crippen LogP contribution >= 0.6 is 0 Å². The average molecular weight is 437 g/mol. The van der Waals surface area contributed by atoms with Crippen molar-refractivity contribution >= 4 is 23.9 Å². The van der Waals surface area contributed by atoms with Gasteiger partial charge in [-0.1, -0.05) is 51.1 Å². The highest BCUT2D eigenvalue weighted by Gasteiger charge is 2.31. The molecule has 0 aliphatic heterocycles. The zero-order valence-electron chi connectivity index (χ0n) is 18.7. The summed E-state index contributed by atoms with van der Waals surface area (Å²) in [6.07, 6.45) is -0.424. The summed E-state index contributed by atoms with van der Waals surface area (Å²) >= 11 is 0. The van der Waals surface area contributed by atoms with Gasteiger partial charge in [-0.2, -0.15) is 0 Å². The summed E-state index contributed by atoms with van der Waals surface area (Å²) in [5.41, 5.74) is 0.810. The fraction of sp³-hybridized carbons (Fsp3) is 0.545. The van der Waals surface area contributed by atoms with Gasteiger partial charge in [-0.05, 0) is 24.3 Å². The first-order chi connectivity index (χ1) is 14.7. The molecule has 1 aromatic rings. The Morgan fingerprint density at radius 2 is 1.45 bits per heavy atom. The number of carbonyl (C=O) groups is 4. The molecule has 0 aliphatic carbocycles. The van der Waals surface area contributed by atoms with Gasteiger partial charge in [0.25, 0.3) is 0 Å². The molecule has 0 aliphatic rings.